The number of nitrogens with one attached hydrogen (secondary N) is 2. The van der Waals surface area contributed by atoms with Crippen LogP contribution in [-0.2, 0) is 0 Å². The lowest BCUT2D eigenvalue weighted by atomic mass is 9.98. The van der Waals surface area contributed by atoms with Gasteiger partial charge in [0, 0.05) is 33.7 Å². The van der Waals surface area contributed by atoms with E-state index in [9.17, 15) is 0 Å². The van der Waals surface area contributed by atoms with Crippen molar-refractivity contribution in [2.45, 2.75) is 0 Å². The molecule has 0 saturated heterocycles. The normalized spacial score (nSPS) is 16.7. The van der Waals surface area contributed by atoms with Gasteiger partial charge in [0.05, 0.1) is 22.8 Å². The second-order valence-corrected chi connectivity index (χ2v) is 7.44. The van der Waals surface area contributed by atoms with Gasteiger partial charge in [-0.2, -0.15) is 0 Å². The van der Waals surface area contributed by atoms with E-state index in [0.29, 0.717) is 0 Å². The average Bonchev–Trinajstić information content (AvgIpc) is 3.54. The molecule has 0 radical (unpaired) electrons. The second kappa shape index (κ2) is 6.71. The number of aromatic amines is 2. The number of H-pyrrole nitrogens is 2. The highest BCUT2D eigenvalue weighted by Crippen LogP contribution is 2.31. The molecular formula is C26H18N4. The summed E-state index contributed by atoms with van der Waals surface area (Å²) in [7, 11) is 0. The molecule has 0 spiro atoms. The Balaban J connectivity index is 1.62. The Bertz CT molecular complexity index is 1460. The van der Waals surface area contributed by atoms with Crippen LogP contribution in [0.5, 0.6) is 0 Å². The van der Waals surface area contributed by atoms with Crippen molar-refractivity contribution in [2.24, 2.45) is 9.98 Å². The van der Waals surface area contributed by atoms with Gasteiger partial charge in [-0.3, -0.25) is 0 Å². The van der Waals surface area contributed by atoms with Crippen molar-refractivity contribution in [1.29, 1.82) is 0 Å². The molecule has 142 valence electrons. The fourth-order valence-electron chi connectivity index (χ4n) is 3.94. The maximum Gasteiger partial charge on any atom is 0.0722 e. The maximum absolute atomic E-state index is 4.90. The molecule has 6 rings (SSSR count). The van der Waals surface area contributed by atoms with Crippen LogP contribution >= 0.6 is 0 Å². The minimum absolute atomic E-state index is 0.902. The molecule has 3 aromatic rings. The number of rotatable bonds is 1. The molecule has 0 fully saturated rings. The summed E-state index contributed by atoms with van der Waals surface area (Å²) in [6.45, 7) is 0. The molecular weight excluding hydrogens is 368 g/mol. The lowest BCUT2D eigenvalue weighted by Gasteiger charge is -2.08. The molecule has 3 aliphatic rings. The van der Waals surface area contributed by atoms with Crippen molar-refractivity contribution >= 4 is 29.1 Å². The first-order chi connectivity index (χ1) is 14.8. The molecule has 8 bridgehead atoms. The van der Waals surface area contributed by atoms with Gasteiger partial charge in [0.15, 0.2) is 0 Å². The molecule has 0 amide bonds. The first-order valence-electron chi connectivity index (χ1n) is 9.92. The molecule has 5 heterocycles. The lowest BCUT2D eigenvalue weighted by Crippen LogP contribution is -2.10. The highest BCUT2D eigenvalue weighted by atomic mass is 14.8. The van der Waals surface area contributed by atoms with Crippen molar-refractivity contribution in [3.8, 4) is 0 Å². The summed E-state index contributed by atoms with van der Waals surface area (Å²) in [5.74, 6) is 0. The van der Waals surface area contributed by atoms with Gasteiger partial charge < -0.3 is 9.97 Å². The summed E-state index contributed by atoms with van der Waals surface area (Å²) >= 11 is 0. The van der Waals surface area contributed by atoms with E-state index in [0.717, 1.165) is 55.9 Å². The van der Waals surface area contributed by atoms with Crippen molar-refractivity contribution in [3.63, 3.8) is 0 Å². The van der Waals surface area contributed by atoms with Crippen molar-refractivity contribution < 1.29 is 0 Å². The van der Waals surface area contributed by atoms with Gasteiger partial charge in [-0.15, -0.1) is 0 Å². The lowest BCUT2D eigenvalue weighted by molar-refractivity contribution is 1.26. The first-order valence-corrected chi connectivity index (χ1v) is 9.92. The quantitative estimate of drug-likeness (QED) is 0.642. The molecule has 1 aromatic carbocycles. The summed E-state index contributed by atoms with van der Waals surface area (Å²) in [5.41, 5.74) is 8.07. The standard InChI is InChI=1S/C26H18N4/c1-2-4-17(5-3-1)26-18-12-24(27-16-18)15-22-9-8-20(29-22)13-19-6-7-21(28-19)14-23-10-11-25(26)30-23/h1-16,27,29H. The smallest absolute Gasteiger partial charge is 0.0722 e. The number of allylic oxidation sites excluding steroid dienone is 5. The molecule has 0 atom stereocenters. The fraction of sp³-hybridized carbons (Fsp3) is 0. The van der Waals surface area contributed by atoms with E-state index in [4.69, 9.17) is 9.98 Å². The molecule has 0 unspecified atom stereocenters. The van der Waals surface area contributed by atoms with Crippen LogP contribution in [0, 0.1) is 0 Å². The van der Waals surface area contributed by atoms with Gasteiger partial charge in [0.2, 0.25) is 0 Å². The van der Waals surface area contributed by atoms with E-state index < -0.39 is 0 Å². The Hall–Kier alpha value is -4.18. The van der Waals surface area contributed by atoms with Crippen LogP contribution in [0.4, 0.5) is 0 Å². The van der Waals surface area contributed by atoms with Crippen LogP contribution < -0.4 is 10.7 Å². The number of hydrogen-bond acceptors (Lipinski definition) is 2. The van der Waals surface area contributed by atoms with Crippen molar-refractivity contribution in [1.82, 2.24) is 9.97 Å². The largest absolute Gasteiger partial charge is 0.361 e. The first kappa shape index (κ1) is 16.7. The molecule has 2 N–H and O–H groups in total. The molecule has 30 heavy (non-hydrogen) atoms. The highest BCUT2D eigenvalue weighted by molar-refractivity contribution is 6.20. The highest BCUT2D eigenvalue weighted by Gasteiger charge is 2.15. The van der Waals surface area contributed by atoms with E-state index in [-0.39, 0.29) is 0 Å². The van der Waals surface area contributed by atoms with Crippen LogP contribution in [0.3, 0.4) is 0 Å². The Morgan fingerprint density at radius 3 is 2.37 bits per heavy atom. The van der Waals surface area contributed by atoms with Gasteiger partial charge in [0.25, 0.3) is 0 Å². The number of aromatic nitrogens is 2. The third-order valence-electron chi connectivity index (χ3n) is 5.30. The van der Waals surface area contributed by atoms with Crippen molar-refractivity contribution in [2.75, 3.05) is 0 Å². The Labute approximate surface area is 173 Å². The molecule has 0 aliphatic carbocycles. The van der Waals surface area contributed by atoms with E-state index in [1.165, 1.54) is 0 Å². The predicted octanol–water partition coefficient (Wildman–Crippen LogP) is 3.63. The molecule has 3 aliphatic heterocycles. The number of benzene rings is 1. The summed E-state index contributed by atoms with van der Waals surface area (Å²) in [6.07, 6.45) is 16.4. The molecule has 0 saturated carbocycles. The SMILES string of the molecule is C1=CC2=NC1=CC1=NC(=C(c3ccccc3)c3c[nH]c(c3)C=c3ccc([nH]3)=C2)C=C1. The zero-order valence-corrected chi connectivity index (χ0v) is 16.1. The van der Waals surface area contributed by atoms with Gasteiger partial charge in [-0.25, -0.2) is 9.98 Å². The van der Waals surface area contributed by atoms with Gasteiger partial charge in [0.1, 0.15) is 0 Å². The predicted molar refractivity (Wildman–Crippen MR) is 123 cm³/mol. The summed E-state index contributed by atoms with van der Waals surface area (Å²) < 4.78 is 0. The van der Waals surface area contributed by atoms with Crippen LogP contribution in [-0.4, -0.2) is 21.4 Å². The number of hydrogen-bond donors (Lipinski definition) is 2. The number of nitrogens with zero attached hydrogens (tertiary/aromatic N) is 2. The molecule has 4 heteroatoms. The van der Waals surface area contributed by atoms with Crippen LogP contribution in [0.1, 0.15) is 16.8 Å². The Morgan fingerprint density at radius 1 is 0.667 bits per heavy atom. The van der Waals surface area contributed by atoms with Crippen LogP contribution in [0.2, 0.25) is 0 Å². The van der Waals surface area contributed by atoms with Crippen LogP contribution in [0.25, 0.3) is 17.7 Å². The monoisotopic (exact) mass is 386 g/mol. The Morgan fingerprint density at radius 2 is 1.47 bits per heavy atom. The number of fused-ring (bicyclic) bond motifs is 6. The van der Waals surface area contributed by atoms with Crippen molar-refractivity contribution in [3.05, 3.63) is 124 Å². The summed E-state index contributed by atoms with van der Waals surface area (Å²) in [6, 6.07) is 16.7. The number of aliphatic imine (C=N–C) groups is 2. The van der Waals surface area contributed by atoms with E-state index >= 15 is 0 Å². The molecule has 4 nitrogen and oxygen atoms in total. The molecule has 2 aromatic heterocycles. The average molecular weight is 386 g/mol. The van der Waals surface area contributed by atoms with Gasteiger partial charge in [-0.1, -0.05) is 30.3 Å². The maximum atomic E-state index is 4.90. The zero-order valence-electron chi connectivity index (χ0n) is 16.1. The third-order valence-corrected chi connectivity index (χ3v) is 5.30. The minimum Gasteiger partial charge on any atom is -0.361 e. The van der Waals surface area contributed by atoms with E-state index in [1.54, 1.807) is 0 Å². The third kappa shape index (κ3) is 3.05. The zero-order chi connectivity index (χ0) is 19.9. The fourth-order valence-corrected chi connectivity index (χ4v) is 3.94. The summed E-state index contributed by atoms with van der Waals surface area (Å²) in [5, 5.41) is 2.06. The second-order valence-electron chi connectivity index (χ2n) is 7.44. The summed E-state index contributed by atoms with van der Waals surface area (Å²) in [4.78, 5) is 16.4. The van der Waals surface area contributed by atoms with Crippen LogP contribution in [0.15, 0.2) is 106 Å². The Kier molecular flexibility index (Phi) is 3.74. The van der Waals surface area contributed by atoms with Gasteiger partial charge in [-0.05, 0) is 66.3 Å². The van der Waals surface area contributed by atoms with Gasteiger partial charge >= 0.3 is 0 Å². The van der Waals surface area contributed by atoms with E-state index in [1.807, 2.05) is 42.6 Å². The van der Waals surface area contributed by atoms with E-state index in [2.05, 4.69) is 64.6 Å². The topological polar surface area (TPSA) is 56.3 Å². The minimum atomic E-state index is 0.902.